The number of fused-ring (bicyclic) bond motifs is 1. The Balaban J connectivity index is 0.00000245. The third-order valence-electron chi connectivity index (χ3n) is 5.32. The Morgan fingerprint density at radius 2 is 1.66 bits per heavy atom. The van der Waals surface area contributed by atoms with E-state index in [4.69, 9.17) is 0 Å². The Labute approximate surface area is 201 Å². The molecule has 7 heteroatoms. The van der Waals surface area contributed by atoms with Crippen molar-refractivity contribution in [2.75, 3.05) is 11.9 Å². The van der Waals surface area contributed by atoms with Crippen molar-refractivity contribution < 1.29 is 17.0 Å². The van der Waals surface area contributed by atoms with Crippen molar-refractivity contribution in [2.45, 2.75) is 11.4 Å². The monoisotopic (exact) mass is 479 g/mol. The molecule has 0 bridgehead atoms. The summed E-state index contributed by atoms with van der Waals surface area (Å²) in [4.78, 5) is 16.9. The second-order valence-electron chi connectivity index (χ2n) is 7.52. The van der Waals surface area contributed by atoms with Crippen molar-refractivity contribution in [1.82, 2.24) is 4.57 Å². The van der Waals surface area contributed by atoms with Crippen LogP contribution in [0.3, 0.4) is 0 Å². The summed E-state index contributed by atoms with van der Waals surface area (Å²) in [6, 6.07) is 22.6. The van der Waals surface area contributed by atoms with Gasteiger partial charge in [0.2, 0.25) is 0 Å². The summed E-state index contributed by atoms with van der Waals surface area (Å²) in [6.07, 6.45) is 6.14. The van der Waals surface area contributed by atoms with Gasteiger partial charge in [-0.3, -0.25) is 9.36 Å². The molecule has 0 spiro atoms. The molecular weight excluding hydrogens is 458 g/mol. The van der Waals surface area contributed by atoms with Crippen molar-refractivity contribution in [3.8, 4) is 0 Å². The Bertz CT molecular complexity index is 1430. The molecule has 2 aromatic heterocycles. The first-order valence-corrected chi connectivity index (χ1v) is 11.7. The van der Waals surface area contributed by atoms with Crippen LogP contribution in [0.25, 0.3) is 11.1 Å². The molecule has 4 aromatic rings. The van der Waals surface area contributed by atoms with E-state index in [0.29, 0.717) is 6.54 Å². The number of thiazole rings is 1. The zero-order valence-corrected chi connectivity index (χ0v) is 20.1. The zero-order chi connectivity index (χ0) is 21.4. The summed E-state index contributed by atoms with van der Waals surface area (Å²) in [6.45, 7) is 0.553. The SMILES string of the molecule is CN1C(=c2sc(=Cc3cc[n+](C)cc3)n(Cc3ccccc3)c2=O)Sc2ccccc21.[Cl-]. The van der Waals surface area contributed by atoms with Crippen LogP contribution in [0.1, 0.15) is 11.1 Å². The summed E-state index contributed by atoms with van der Waals surface area (Å²) in [5.74, 6) is 0. The van der Waals surface area contributed by atoms with Crippen LogP contribution >= 0.6 is 23.1 Å². The number of rotatable bonds is 3. The Hall–Kier alpha value is -2.80. The van der Waals surface area contributed by atoms with Crippen LogP contribution < -0.4 is 36.6 Å². The normalized spacial score (nSPS) is 14.9. The minimum absolute atomic E-state index is 0. The van der Waals surface area contributed by atoms with Gasteiger partial charge in [0.25, 0.3) is 5.56 Å². The molecule has 0 amide bonds. The summed E-state index contributed by atoms with van der Waals surface area (Å²) in [7, 11) is 4.04. The lowest BCUT2D eigenvalue weighted by Crippen LogP contribution is -3.00. The molecule has 3 heterocycles. The fourth-order valence-corrected chi connectivity index (χ4v) is 6.05. The van der Waals surface area contributed by atoms with Gasteiger partial charge in [-0.25, -0.2) is 4.57 Å². The number of aryl methyl sites for hydroxylation is 1. The fraction of sp³-hybridized carbons (Fsp3) is 0.120. The van der Waals surface area contributed by atoms with Crippen molar-refractivity contribution >= 4 is 39.9 Å². The van der Waals surface area contributed by atoms with Crippen LogP contribution in [-0.4, -0.2) is 11.6 Å². The molecule has 162 valence electrons. The number of hydrogen-bond acceptors (Lipinski definition) is 4. The number of hydrogen-bond donors (Lipinski definition) is 0. The van der Waals surface area contributed by atoms with E-state index in [9.17, 15) is 4.79 Å². The summed E-state index contributed by atoms with van der Waals surface area (Å²) >= 11 is 3.24. The molecule has 5 rings (SSSR count). The number of para-hydroxylation sites is 1. The van der Waals surface area contributed by atoms with E-state index in [-0.39, 0.29) is 18.0 Å². The van der Waals surface area contributed by atoms with E-state index in [2.05, 4.69) is 47.4 Å². The molecule has 4 nitrogen and oxygen atoms in total. The van der Waals surface area contributed by atoms with Gasteiger partial charge in [0, 0.05) is 24.1 Å². The van der Waals surface area contributed by atoms with Crippen molar-refractivity contribution in [2.24, 2.45) is 7.05 Å². The summed E-state index contributed by atoms with van der Waals surface area (Å²) in [5.41, 5.74) is 3.40. The van der Waals surface area contributed by atoms with Crippen LogP contribution in [-0.2, 0) is 13.6 Å². The van der Waals surface area contributed by atoms with Gasteiger partial charge in [0.05, 0.1) is 16.9 Å². The predicted molar refractivity (Wildman–Crippen MR) is 129 cm³/mol. The summed E-state index contributed by atoms with van der Waals surface area (Å²) in [5, 5.41) is 0.997. The van der Waals surface area contributed by atoms with Crippen molar-refractivity contribution in [3.05, 3.63) is 110 Å². The molecular formula is C25H22ClN3OS2. The number of benzene rings is 2. The lowest BCUT2D eigenvalue weighted by atomic mass is 10.2. The van der Waals surface area contributed by atoms with Crippen LogP contribution in [0.4, 0.5) is 5.69 Å². The highest BCUT2D eigenvalue weighted by Crippen LogP contribution is 2.44. The van der Waals surface area contributed by atoms with E-state index in [1.807, 2.05) is 66.0 Å². The number of thioether (sulfide) groups is 1. The fourth-order valence-electron chi connectivity index (χ4n) is 3.64. The molecule has 32 heavy (non-hydrogen) atoms. The first-order chi connectivity index (χ1) is 15.1. The van der Waals surface area contributed by atoms with Gasteiger partial charge >= 0.3 is 0 Å². The van der Waals surface area contributed by atoms with Gasteiger partial charge in [-0.15, -0.1) is 11.3 Å². The van der Waals surface area contributed by atoms with E-state index < -0.39 is 0 Å². The van der Waals surface area contributed by atoms with Gasteiger partial charge < -0.3 is 17.3 Å². The van der Waals surface area contributed by atoms with Crippen LogP contribution in [0.2, 0.25) is 0 Å². The van der Waals surface area contributed by atoms with Crippen molar-refractivity contribution in [3.63, 3.8) is 0 Å². The maximum Gasteiger partial charge on any atom is 0.272 e. The Kier molecular flexibility index (Phi) is 6.55. The van der Waals surface area contributed by atoms with Crippen LogP contribution in [0.15, 0.2) is 88.8 Å². The number of anilines is 1. The third-order valence-corrected chi connectivity index (χ3v) is 7.81. The molecule has 0 saturated carbocycles. The maximum atomic E-state index is 13.6. The Morgan fingerprint density at radius 3 is 2.38 bits per heavy atom. The zero-order valence-electron chi connectivity index (χ0n) is 17.7. The van der Waals surface area contributed by atoms with Crippen LogP contribution in [0.5, 0.6) is 0 Å². The largest absolute Gasteiger partial charge is 1.00 e. The molecule has 0 aliphatic carbocycles. The summed E-state index contributed by atoms with van der Waals surface area (Å²) < 4.78 is 5.64. The lowest BCUT2D eigenvalue weighted by Gasteiger charge is -2.11. The second-order valence-corrected chi connectivity index (χ2v) is 9.58. The number of aromatic nitrogens is 2. The van der Waals surface area contributed by atoms with E-state index in [0.717, 1.165) is 31.0 Å². The predicted octanol–water partition coefficient (Wildman–Crippen LogP) is -0.0768. The standard InChI is InChI=1S/C25H22N3OS2.ClH/c1-26-14-12-18(13-15-26)16-22-28(17-19-8-4-3-5-9-19)24(29)23(31-22)25-27(2)20-10-6-7-11-21(20)30-25;/h3-16H,17H2,1-2H3;1H/q+1;/p-1. The molecule has 1 aliphatic rings. The first kappa shape index (κ1) is 22.4. The lowest BCUT2D eigenvalue weighted by molar-refractivity contribution is -0.671. The minimum Gasteiger partial charge on any atom is -1.00 e. The van der Waals surface area contributed by atoms with Crippen molar-refractivity contribution in [1.29, 1.82) is 0 Å². The topological polar surface area (TPSA) is 29.1 Å². The quantitative estimate of drug-likeness (QED) is 0.385. The maximum absolute atomic E-state index is 13.6. The van der Waals surface area contributed by atoms with Crippen LogP contribution in [0, 0.1) is 0 Å². The molecule has 0 unspecified atom stereocenters. The van der Waals surface area contributed by atoms with E-state index >= 15 is 0 Å². The first-order valence-electron chi connectivity index (χ1n) is 10.1. The molecule has 1 aliphatic heterocycles. The highest BCUT2D eigenvalue weighted by molar-refractivity contribution is 8.08. The molecule has 0 N–H and O–H groups in total. The molecule has 0 saturated heterocycles. The average molecular weight is 480 g/mol. The van der Waals surface area contributed by atoms with Gasteiger partial charge in [-0.1, -0.05) is 54.2 Å². The average Bonchev–Trinajstić information content (AvgIpc) is 3.28. The number of nitrogens with zero attached hydrogens (tertiary/aromatic N) is 3. The smallest absolute Gasteiger partial charge is 0.272 e. The third kappa shape index (κ3) is 4.26. The van der Waals surface area contributed by atoms with E-state index in [1.54, 1.807) is 23.1 Å². The second kappa shape index (κ2) is 9.36. The molecule has 0 radical (unpaired) electrons. The van der Waals surface area contributed by atoms with Gasteiger partial charge in [-0.2, -0.15) is 0 Å². The minimum atomic E-state index is 0. The number of pyridine rings is 1. The molecule has 0 atom stereocenters. The van der Waals surface area contributed by atoms with Gasteiger partial charge in [-0.05, 0) is 29.3 Å². The molecule has 0 fully saturated rings. The van der Waals surface area contributed by atoms with Gasteiger partial charge in [0.1, 0.15) is 16.6 Å². The number of halogens is 1. The highest BCUT2D eigenvalue weighted by Gasteiger charge is 2.24. The van der Waals surface area contributed by atoms with E-state index in [1.165, 1.54) is 4.90 Å². The Morgan fingerprint density at radius 1 is 0.969 bits per heavy atom. The highest BCUT2D eigenvalue weighted by atomic mass is 35.5. The molecule has 2 aromatic carbocycles. The van der Waals surface area contributed by atoms with Gasteiger partial charge in [0.15, 0.2) is 12.4 Å².